The average Bonchev–Trinajstić information content (AvgIpc) is 3.40. The molecule has 1 saturated carbocycles. The van der Waals surface area contributed by atoms with E-state index in [1.165, 1.54) is 6.07 Å². The lowest BCUT2D eigenvalue weighted by molar-refractivity contribution is 0.206. The van der Waals surface area contributed by atoms with Crippen molar-refractivity contribution in [2.75, 3.05) is 12.4 Å². The molecule has 0 radical (unpaired) electrons. The van der Waals surface area contributed by atoms with Crippen LogP contribution < -0.4 is 10.1 Å². The second-order valence-electron chi connectivity index (χ2n) is 5.62. The number of ether oxygens (including phenoxy) is 1. The van der Waals surface area contributed by atoms with E-state index < -0.39 is 5.82 Å². The maximum absolute atomic E-state index is 13.7. The first kappa shape index (κ1) is 15.3. The van der Waals surface area contributed by atoms with Crippen LogP contribution in [0.15, 0.2) is 48.5 Å². The molecule has 0 heterocycles. The summed E-state index contributed by atoms with van der Waals surface area (Å²) in [5.74, 6) is 0.351. The van der Waals surface area contributed by atoms with Crippen molar-refractivity contribution in [1.82, 2.24) is 4.90 Å². The van der Waals surface area contributed by atoms with Gasteiger partial charge >= 0.3 is 6.03 Å². The van der Waals surface area contributed by atoms with Crippen LogP contribution in [0.1, 0.15) is 18.4 Å². The van der Waals surface area contributed by atoms with E-state index >= 15 is 0 Å². The minimum absolute atomic E-state index is 0.206. The Morgan fingerprint density at radius 2 is 1.91 bits per heavy atom. The molecular weight excluding hydrogens is 295 g/mol. The van der Waals surface area contributed by atoms with Crippen molar-refractivity contribution < 1.29 is 13.9 Å². The molecule has 3 rings (SSSR count). The molecule has 1 aliphatic carbocycles. The Hall–Kier alpha value is -2.56. The van der Waals surface area contributed by atoms with Crippen LogP contribution in [0.3, 0.4) is 0 Å². The fourth-order valence-corrected chi connectivity index (χ4v) is 2.43. The number of nitrogens with one attached hydrogen (secondary N) is 1. The van der Waals surface area contributed by atoms with E-state index in [9.17, 15) is 9.18 Å². The molecule has 2 aromatic rings. The van der Waals surface area contributed by atoms with Gasteiger partial charge in [0.05, 0.1) is 12.8 Å². The second kappa shape index (κ2) is 6.69. The number of nitrogens with zero attached hydrogens (tertiary/aromatic N) is 1. The van der Waals surface area contributed by atoms with Gasteiger partial charge in [0.25, 0.3) is 0 Å². The number of anilines is 1. The van der Waals surface area contributed by atoms with Gasteiger partial charge in [-0.2, -0.15) is 0 Å². The highest BCUT2D eigenvalue weighted by molar-refractivity contribution is 5.89. The highest BCUT2D eigenvalue weighted by Crippen LogP contribution is 2.29. The first-order chi connectivity index (χ1) is 11.2. The molecule has 0 aliphatic heterocycles. The summed E-state index contributed by atoms with van der Waals surface area (Å²) in [5, 5.41) is 2.66. The van der Waals surface area contributed by atoms with Crippen LogP contribution in [0.5, 0.6) is 5.75 Å². The van der Waals surface area contributed by atoms with E-state index in [4.69, 9.17) is 4.74 Å². The van der Waals surface area contributed by atoms with Gasteiger partial charge in [-0.15, -0.1) is 0 Å². The average molecular weight is 314 g/mol. The Kier molecular flexibility index (Phi) is 4.46. The van der Waals surface area contributed by atoms with E-state index in [0.717, 1.165) is 24.2 Å². The number of carbonyl (C=O) groups excluding carboxylic acids is 1. The van der Waals surface area contributed by atoms with Crippen molar-refractivity contribution in [2.45, 2.75) is 25.4 Å². The number of amides is 2. The van der Waals surface area contributed by atoms with Gasteiger partial charge in [0.1, 0.15) is 11.6 Å². The van der Waals surface area contributed by atoms with Crippen molar-refractivity contribution in [3.05, 3.63) is 59.9 Å². The highest BCUT2D eigenvalue weighted by Gasteiger charge is 2.32. The number of hydrogen-bond acceptors (Lipinski definition) is 2. The minimum atomic E-state index is -0.430. The predicted octanol–water partition coefficient (Wildman–Crippen LogP) is 4.03. The summed E-state index contributed by atoms with van der Waals surface area (Å²) in [6.45, 7) is 0.495. The van der Waals surface area contributed by atoms with Gasteiger partial charge in [-0.25, -0.2) is 9.18 Å². The van der Waals surface area contributed by atoms with E-state index in [0.29, 0.717) is 6.54 Å². The number of rotatable bonds is 5. The van der Waals surface area contributed by atoms with Gasteiger partial charge in [-0.3, -0.25) is 0 Å². The standard InChI is InChI=1S/C18H19FN2O2/c1-23-15-10-6-13(7-11-15)12-21(14-8-9-14)18(22)20-17-5-3-2-4-16(17)19/h2-7,10-11,14H,8-9,12H2,1H3,(H,20,22). The highest BCUT2D eigenvalue weighted by atomic mass is 19.1. The predicted molar refractivity (Wildman–Crippen MR) is 87.0 cm³/mol. The topological polar surface area (TPSA) is 41.6 Å². The smallest absolute Gasteiger partial charge is 0.322 e. The molecule has 1 aliphatic rings. The third kappa shape index (κ3) is 3.80. The molecule has 2 aromatic carbocycles. The number of benzene rings is 2. The lowest BCUT2D eigenvalue weighted by Crippen LogP contribution is -2.36. The molecule has 0 saturated heterocycles. The largest absolute Gasteiger partial charge is 0.497 e. The summed E-state index contributed by atoms with van der Waals surface area (Å²) >= 11 is 0. The van der Waals surface area contributed by atoms with Crippen LogP contribution in [0, 0.1) is 5.82 Å². The number of methoxy groups -OCH3 is 1. The van der Waals surface area contributed by atoms with E-state index in [1.54, 1.807) is 30.2 Å². The molecule has 0 unspecified atom stereocenters. The maximum atomic E-state index is 13.7. The van der Waals surface area contributed by atoms with Crippen molar-refractivity contribution >= 4 is 11.7 Å². The van der Waals surface area contributed by atoms with Gasteiger partial charge in [0.15, 0.2) is 0 Å². The molecule has 2 amide bonds. The van der Waals surface area contributed by atoms with Crippen LogP contribution in [0.25, 0.3) is 0 Å². The fourth-order valence-electron chi connectivity index (χ4n) is 2.43. The van der Waals surface area contributed by atoms with Crippen molar-refractivity contribution in [1.29, 1.82) is 0 Å². The van der Waals surface area contributed by atoms with Gasteiger partial charge < -0.3 is 15.0 Å². The first-order valence-electron chi connectivity index (χ1n) is 7.62. The molecule has 5 heteroatoms. The van der Waals surface area contributed by atoms with Crippen LogP contribution in [0.4, 0.5) is 14.9 Å². The SMILES string of the molecule is COc1ccc(CN(C(=O)Nc2ccccc2F)C2CC2)cc1. The van der Waals surface area contributed by atoms with Crippen LogP contribution in [-0.2, 0) is 6.54 Å². The molecule has 0 atom stereocenters. The fraction of sp³-hybridized carbons (Fsp3) is 0.278. The molecule has 1 N–H and O–H groups in total. The third-order valence-electron chi connectivity index (χ3n) is 3.88. The summed E-state index contributed by atoms with van der Waals surface area (Å²) < 4.78 is 18.8. The van der Waals surface area contributed by atoms with Crippen LogP contribution >= 0.6 is 0 Å². The molecule has 1 fully saturated rings. The molecule has 0 spiro atoms. The molecule has 0 aromatic heterocycles. The zero-order valence-electron chi connectivity index (χ0n) is 13.0. The van der Waals surface area contributed by atoms with Gasteiger partial charge in [0.2, 0.25) is 0 Å². The van der Waals surface area contributed by atoms with Gasteiger partial charge in [-0.1, -0.05) is 24.3 Å². The maximum Gasteiger partial charge on any atom is 0.322 e. The number of halogens is 1. The van der Waals surface area contributed by atoms with E-state index in [-0.39, 0.29) is 17.8 Å². The Morgan fingerprint density at radius 3 is 2.52 bits per heavy atom. The summed E-state index contributed by atoms with van der Waals surface area (Å²) in [5.41, 5.74) is 1.22. The van der Waals surface area contributed by atoms with Crippen molar-refractivity contribution in [2.24, 2.45) is 0 Å². The molecule has 120 valence electrons. The minimum Gasteiger partial charge on any atom is -0.497 e. The molecule has 4 nitrogen and oxygen atoms in total. The van der Waals surface area contributed by atoms with Crippen molar-refractivity contribution in [3.8, 4) is 5.75 Å². The van der Waals surface area contributed by atoms with Crippen LogP contribution in [0.2, 0.25) is 0 Å². The first-order valence-corrected chi connectivity index (χ1v) is 7.62. The number of para-hydroxylation sites is 1. The van der Waals surface area contributed by atoms with E-state index in [1.807, 2.05) is 24.3 Å². The third-order valence-corrected chi connectivity index (χ3v) is 3.88. The zero-order chi connectivity index (χ0) is 16.2. The van der Waals surface area contributed by atoms with Gasteiger partial charge in [-0.05, 0) is 42.7 Å². The number of hydrogen-bond donors (Lipinski definition) is 1. The monoisotopic (exact) mass is 314 g/mol. The lowest BCUT2D eigenvalue weighted by atomic mass is 10.2. The number of carbonyl (C=O) groups is 1. The summed E-state index contributed by atoms with van der Waals surface area (Å²) in [6.07, 6.45) is 1.97. The normalized spacial score (nSPS) is 13.5. The summed E-state index contributed by atoms with van der Waals surface area (Å²) in [6, 6.07) is 13.8. The van der Waals surface area contributed by atoms with Crippen molar-refractivity contribution in [3.63, 3.8) is 0 Å². The Labute approximate surface area is 134 Å². The quantitative estimate of drug-likeness (QED) is 0.905. The second-order valence-corrected chi connectivity index (χ2v) is 5.62. The Bertz CT molecular complexity index is 684. The van der Waals surface area contributed by atoms with Gasteiger partial charge in [0, 0.05) is 12.6 Å². The lowest BCUT2D eigenvalue weighted by Gasteiger charge is -2.23. The molecular formula is C18H19FN2O2. The van der Waals surface area contributed by atoms with Crippen LogP contribution in [-0.4, -0.2) is 24.1 Å². The summed E-state index contributed by atoms with van der Waals surface area (Å²) in [7, 11) is 1.62. The Balaban J connectivity index is 1.70. The number of urea groups is 1. The molecule has 0 bridgehead atoms. The summed E-state index contributed by atoms with van der Waals surface area (Å²) in [4.78, 5) is 14.3. The zero-order valence-corrected chi connectivity index (χ0v) is 13.0. The molecule has 23 heavy (non-hydrogen) atoms. The van der Waals surface area contributed by atoms with E-state index in [2.05, 4.69) is 5.32 Å². The Morgan fingerprint density at radius 1 is 1.22 bits per heavy atom.